The first-order valence-electron chi connectivity index (χ1n) is 9.24. The Hall–Kier alpha value is -1.30. The van der Waals surface area contributed by atoms with E-state index >= 15 is 0 Å². The zero-order valence-corrected chi connectivity index (χ0v) is 15.7. The zero-order valence-electron chi connectivity index (χ0n) is 14.9. The van der Waals surface area contributed by atoms with Crippen LogP contribution in [0.3, 0.4) is 0 Å². The molecule has 138 valence electrons. The molecular formula is C19H28ClN3O2. The second-order valence-electron chi connectivity index (χ2n) is 7.16. The number of hydrogen-bond acceptors (Lipinski definition) is 3. The quantitative estimate of drug-likeness (QED) is 0.871. The smallest absolute Gasteiger partial charge is 0.317 e. The lowest BCUT2D eigenvalue weighted by Crippen LogP contribution is -2.48. The van der Waals surface area contributed by atoms with Crippen LogP contribution in [-0.4, -0.2) is 61.7 Å². The van der Waals surface area contributed by atoms with E-state index in [1.54, 1.807) is 0 Å². The molecule has 5 nitrogen and oxygen atoms in total. The van der Waals surface area contributed by atoms with E-state index in [-0.39, 0.29) is 12.1 Å². The Morgan fingerprint density at radius 2 is 2.00 bits per heavy atom. The molecule has 2 aliphatic heterocycles. The molecule has 6 heteroatoms. The van der Waals surface area contributed by atoms with Gasteiger partial charge in [-0.3, -0.25) is 0 Å². The van der Waals surface area contributed by atoms with Crippen LogP contribution in [0.4, 0.5) is 4.79 Å². The Labute approximate surface area is 155 Å². The molecule has 2 aliphatic rings. The molecule has 0 aliphatic carbocycles. The van der Waals surface area contributed by atoms with Crippen LogP contribution in [0.1, 0.15) is 31.4 Å². The van der Waals surface area contributed by atoms with E-state index in [0.717, 1.165) is 18.7 Å². The number of amides is 2. The summed E-state index contributed by atoms with van der Waals surface area (Å²) < 4.78 is 5.83. The van der Waals surface area contributed by atoms with Crippen LogP contribution < -0.4 is 5.32 Å². The highest BCUT2D eigenvalue weighted by Gasteiger charge is 2.25. The normalized spacial score (nSPS) is 22.8. The Kier molecular flexibility index (Phi) is 6.57. The van der Waals surface area contributed by atoms with E-state index in [1.165, 1.54) is 25.9 Å². The summed E-state index contributed by atoms with van der Waals surface area (Å²) in [5, 5.41) is 3.80. The predicted molar refractivity (Wildman–Crippen MR) is 100.0 cm³/mol. The van der Waals surface area contributed by atoms with Crippen LogP contribution in [0.25, 0.3) is 0 Å². The van der Waals surface area contributed by atoms with Crippen molar-refractivity contribution in [1.29, 1.82) is 0 Å². The molecule has 2 saturated heterocycles. The van der Waals surface area contributed by atoms with Gasteiger partial charge < -0.3 is 19.9 Å². The molecule has 2 atom stereocenters. The maximum atomic E-state index is 12.5. The van der Waals surface area contributed by atoms with Gasteiger partial charge in [0.25, 0.3) is 0 Å². The molecule has 2 heterocycles. The number of hydrogen-bond donors (Lipinski definition) is 1. The fraction of sp³-hybridized carbons (Fsp3) is 0.632. The van der Waals surface area contributed by atoms with E-state index in [0.29, 0.717) is 30.6 Å². The van der Waals surface area contributed by atoms with Crippen molar-refractivity contribution in [3.8, 4) is 0 Å². The monoisotopic (exact) mass is 365 g/mol. The third-order valence-electron chi connectivity index (χ3n) is 4.97. The molecule has 0 saturated carbocycles. The molecule has 1 aromatic rings. The first-order valence-corrected chi connectivity index (χ1v) is 9.62. The number of morpholine rings is 1. The van der Waals surface area contributed by atoms with Gasteiger partial charge in [-0.15, -0.1) is 0 Å². The Bertz CT molecular complexity index is 560. The van der Waals surface area contributed by atoms with Crippen LogP contribution in [-0.2, 0) is 4.74 Å². The minimum absolute atomic E-state index is 0.00976. The van der Waals surface area contributed by atoms with Crippen LogP contribution in [0.15, 0.2) is 24.3 Å². The van der Waals surface area contributed by atoms with Gasteiger partial charge in [-0.25, -0.2) is 4.79 Å². The first kappa shape index (κ1) is 18.5. The van der Waals surface area contributed by atoms with Crippen LogP contribution in [0.5, 0.6) is 0 Å². The number of carbonyl (C=O) groups is 1. The highest BCUT2D eigenvalue weighted by atomic mass is 35.5. The fourth-order valence-corrected chi connectivity index (χ4v) is 3.68. The average molecular weight is 366 g/mol. The van der Waals surface area contributed by atoms with Gasteiger partial charge in [0, 0.05) is 24.7 Å². The molecule has 2 amide bonds. The summed E-state index contributed by atoms with van der Waals surface area (Å²) in [5.41, 5.74) is 1.06. The molecule has 2 unspecified atom stereocenters. The van der Waals surface area contributed by atoms with Gasteiger partial charge in [0.15, 0.2) is 0 Å². The summed E-state index contributed by atoms with van der Waals surface area (Å²) in [4.78, 5) is 16.8. The third kappa shape index (κ3) is 5.33. The summed E-state index contributed by atoms with van der Waals surface area (Å²) >= 11 is 5.94. The fourth-order valence-electron chi connectivity index (χ4n) is 3.56. The standard InChI is InChI=1S/C19H28ClN3O2/c1-15(13-22-8-2-3-9-22)12-21-19(24)23-10-11-25-18(14-23)16-4-6-17(20)7-5-16/h4-7,15,18H,2-3,8-14H2,1H3,(H,21,24). The molecule has 0 radical (unpaired) electrons. The lowest BCUT2D eigenvalue weighted by atomic mass is 10.1. The molecule has 0 bridgehead atoms. The maximum absolute atomic E-state index is 12.5. The van der Waals surface area contributed by atoms with E-state index in [9.17, 15) is 4.79 Å². The van der Waals surface area contributed by atoms with Crippen molar-refractivity contribution in [3.63, 3.8) is 0 Å². The molecular weight excluding hydrogens is 338 g/mol. The van der Waals surface area contributed by atoms with Gasteiger partial charge >= 0.3 is 6.03 Å². The highest BCUT2D eigenvalue weighted by molar-refractivity contribution is 6.30. The Morgan fingerprint density at radius 1 is 1.28 bits per heavy atom. The Morgan fingerprint density at radius 3 is 2.72 bits per heavy atom. The van der Waals surface area contributed by atoms with E-state index in [2.05, 4.69) is 17.1 Å². The topological polar surface area (TPSA) is 44.8 Å². The maximum Gasteiger partial charge on any atom is 0.317 e. The molecule has 25 heavy (non-hydrogen) atoms. The summed E-state index contributed by atoms with van der Waals surface area (Å²) in [7, 11) is 0. The van der Waals surface area contributed by atoms with E-state index in [1.807, 2.05) is 29.2 Å². The Balaban J connectivity index is 1.45. The summed E-state index contributed by atoms with van der Waals surface area (Å²) in [6.45, 7) is 8.16. The second-order valence-corrected chi connectivity index (χ2v) is 7.59. The predicted octanol–water partition coefficient (Wildman–Crippen LogP) is 3.15. The van der Waals surface area contributed by atoms with Crippen LogP contribution >= 0.6 is 11.6 Å². The summed E-state index contributed by atoms with van der Waals surface area (Å²) in [6, 6.07) is 7.66. The van der Waals surface area contributed by atoms with Crippen molar-refractivity contribution >= 4 is 17.6 Å². The molecule has 1 aromatic carbocycles. The number of benzene rings is 1. The lowest BCUT2D eigenvalue weighted by molar-refractivity contribution is -0.0155. The van der Waals surface area contributed by atoms with Crippen molar-refractivity contribution in [2.45, 2.75) is 25.9 Å². The van der Waals surface area contributed by atoms with Gasteiger partial charge in [-0.05, 0) is 49.5 Å². The van der Waals surface area contributed by atoms with E-state index < -0.39 is 0 Å². The SMILES string of the molecule is CC(CNC(=O)N1CCOC(c2ccc(Cl)cc2)C1)CN1CCCC1. The zero-order chi connectivity index (χ0) is 17.6. The molecule has 0 spiro atoms. The van der Waals surface area contributed by atoms with Crippen molar-refractivity contribution in [3.05, 3.63) is 34.9 Å². The number of nitrogens with one attached hydrogen (secondary N) is 1. The number of ether oxygens (including phenoxy) is 1. The number of rotatable bonds is 5. The van der Waals surface area contributed by atoms with Gasteiger partial charge in [-0.1, -0.05) is 30.7 Å². The number of halogens is 1. The highest BCUT2D eigenvalue weighted by Crippen LogP contribution is 2.23. The van der Waals surface area contributed by atoms with Crippen LogP contribution in [0, 0.1) is 5.92 Å². The summed E-state index contributed by atoms with van der Waals surface area (Å²) in [5.74, 6) is 0.468. The number of urea groups is 1. The third-order valence-corrected chi connectivity index (χ3v) is 5.22. The van der Waals surface area contributed by atoms with Crippen molar-refractivity contribution in [1.82, 2.24) is 15.1 Å². The van der Waals surface area contributed by atoms with Gasteiger partial charge in [0.05, 0.1) is 13.2 Å². The summed E-state index contributed by atoms with van der Waals surface area (Å²) in [6.07, 6.45) is 2.52. The largest absolute Gasteiger partial charge is 0.370 e. The van der Waals surface area contributed by atoms with Gasteiger partial charge in [-0.2, -0.15) is 0 Å². The first-order chi connectivity index (χ1) is 12.1. The number of carbonyl (C=O) groups excluding carboxylic acids is 1. The lowest BCUT2D eigenvalue weighted by Gasteiger charge is -2.33. The molecule has 3 rings (SSSR count). The number of likely N-dealkylation sites (tertiary alicyclic amines) is 1. The molecule has 0 aromatic heterocycles. The van der Waals surface area contributed by atoms with Gasteiger partial charge in [0.2, 0.25) is 0 Å². The van der Waals surface area contributed by atoms with Crippen molar-refractivity contribution in [2.75, 3.05) is 45.9 Å². The van der Waals surface area contributed by atoms with Gasteiger partial charge in [0.1, 0.15) is 6.10 Å². The molecule has 1 N–H and O–H groups in total. The minimum atomic E-state index is -0.0845. The second kappa shape index (κ2) is 8.88. The molecule has 2 fully saturated rings. The average Bonchev–Trinajstić information content (AvgIpc) is 3.13. The van der Waals surface area contributed by atoms with Crippen molar-refractivity contribution < 1.29 is 9.53 Å². The number of nitrogens with zero attached hydrogens (tertiary/aromatic N) is 2. The van der Waals surface area contributed by atoms with E-state index in [4.69, 9.17) is 16.3 Å². The van der Waals surface area contributed by atoms with Crippen LogP contribution in [0.2, 0.25) is 5.02 Å². The van der Waals surface area contributed by atoms with Crippen molar-refractivity contribution in [2.24, 2.45) is 5.92 Å². The minimum Gasteiger partial charge on any atom is -0.370 e.